The first kappa shape index (κ1) is 12.2. The van der Waals surface area contributed by atoms with Gasteiger partial charge in [-0.25, -0.2) is 0 Å². The van der Waals surface area contributed by atoms with Gasteiger partial charge >= 0.3 is 5.97 Å². The fourth-order valence-corrected chi connectivity index (χ4v) is 2.80. The molecule has 4 heteroatoms. The van der Waals surface area contributed by atoms with Crippen LogP contribution >= 0.6 is 0 Å². The minimum atomic E-state index is -0.304. The van der Waals surface area contributed by atoms with Crippen LogP contribution in [0.25, 0.3) is 0 Å². The molecule has 1 saturated heterocycles. The average Bonchev–Trinajstić information content (AvgIpc) is 2.86. The van der Waals surface area contributed by atoms with Crippen LogP contribution in [0, 0.1) is 5.92 Å². The van der Waals surface area contributed by atoms with E-state index >= 15 is 0 Å². The molecule has 1 heterocycles. The Bertz CT molecular complexity index is 524. The lowest BCUT2D eigenvalue weighted by atomic mass is 9.98. The number of rotatable bonds is 2. The third-order valence-corrected chi connectivity index (χ3v) is 3.87. The number of benzene rings is 1. The summed E-state index contributed by atoms with van der Waals surface area (Å²) >= 11 is 0. The number of hydrogen-bond donors (Lipinski definition) is 1. The third kappa shape index (κ3) is 2.62. The maximum atomic E-state index is 12.0. The summed E-state index contributed by atoms with van der Waals surface area (Å²) in [5, 5.41) is 2.72. The second-order valence-electron chi connectivity index (χ2n) is 5.24. The highest BCUT2D eigenvalue weighted by atomic mass is 16.5. The van der Waals surface area contributed by atoms with Gasteiger partial charge in [0.1, 0.15) is 5.75 Å². The molecular formula is C15H17NO3. The van der Waals surface area contributed by atoms with Gasteiger partial charge in [0, 0.05) is 13.0 Å². The lowest BCUT2D eigenvalue weighted by Gasteiger charge is -2.20. The van der Waals surface area contributed by atoms with Crippen LogP contribution in [0.3, 0.4) is 0 Å². The first-order chi connectivity index (χ1) is 9.22. The number of aryl methyl sites for hydroxylation is 2. The molecule has 100 valence electrons. The van der Waals surface area contributed by atoms with Crippen LogP contribution in [0.1, 0.15) is 30.4 Å². The highest BCUT2D eigenvalue weighted by Crippen LogP contribution is 2.27. The molecule has 1 aromatic carbocycles. The van der Waals surface area contributed by atoms with Gasteiger partial charge in [-0.2, -0.15) is 0 Å². The van der Waals surface area contributed by atoms with Crippen molar-refractivity contribution in [3.8, 4) is 5.75 Å². The van der Waals surface area contributed by atoms with Crippen LogP contribution in [-0.4, -0.2) is 18.4 Å². The molecule has 3 rings (SSSR count). The Morgan fingerprint density at radius 1 is 1.26 bits per heavy atom. The molecule has 0 saturated carbocycles. The predicted octanol–water partition coefficient (Wildman–Crippen LogP) is 1.61. The second-order valence-corrected chi connectivity index (χ2v) is 5.24. The van der Waals surface area contributed by atoms with E-state index in [1.54, 1.807) is 0 Å². The van der Waals surface area contributed by atoms with Crippen molar-refractivity contribution >= 4 is 11.9 Å². The highest BCUT2D eigenvalue weighted by Gasteiger charge is 2.27. The Balaban J connectivity index is 1.67. The van der Waals surface area contributed by atoms with Crippen molar-refractivity contribution in [1.29, 1.82) is 0 Å². The summed E-state index contributed by atoms with van der Waals surface area (Å²) < 4.78 is 5.41. The summed E-state index contributed by atoms with van der Waals surface area (Å²) in [4.78, 5) is 23.3. The van der Waals surface area contributed by atoms with E-state index in [9.17, 15) is 9.59 Å². The minimum absolute atomic E-state index is 0.0675. The van der Waals surface area contributed by atoms with Gasteiger partial charge in [-0.1, -0.05) is 6.07 Å². The zero-order valence-electron chi connectivity index (χ0n) is 10.8. The number of hydrogen-bond acceptors (Lipinski definition) is 3. The Hall–Kier alpha value is -1.84. The summed E-state index contributed by atoms with van der Waals surface area (Å²) in [6, 6.07) is 5.85. The van der Waals surface area contributed by atoms with E-state index in [2.05, 4.69) is 5.32 Å². The summed E-state index contributed by atoms with van der Waals surface area (Å²) in [5.41, 5.74) is 2.64. The lowest BCUT2D eigenvalue weighted by Crippen LogP contribution is -2.38. The van der Waals surface area contributed by atoms with Crippen LogP contribution in [-0.2, 0) is 22.4 Å². The molecule has 1 amide bonds. The number of fused-ring (bicyclic) bond motifs is 1. The molecule has 2 aliphatic rings. The molecule has 1 aromatic rings. The number of carbonyl (C=O) groups is 2. The lowest BCUT2D eigenvalue weighted by molar-refractivity contribution is -0.143. The van der Waals surface area contributed by atoms with E-state index in [1.165, 1.54) is 17.5 Å². The Kier molecular flexibility index (Phi) is 3.23. The van der Waals surface area contributed by atoms with Crippen LogP contribution < -0.4 is 10.1 Å². The molecule has 0 unspecified atom stereocenters. The van der Waals surface area contributed by atoms with E-state index in [0.29, 0.717) is 18.7 Å². The molecule has 1 atom stereocenters. The number of ether oxygens (including phenoxy) is 1. The highest BCUT2D eigenvalue weighted by molar-refractivity contribution is 5.85. The second kappa shape index (κ2) is 5.03. The SMILES string of the molecule is O=C1C[C@@H](C(=O)Oc2ccc3c(c2)CCC3)CCN1. The van der Waals surface area contributed by atoms with Gasteiger partial charge in [-0.3, -0.25) is 9.59 Å². The summed E-state index contributed by atoms with van der Waals surface area (Å²) in [6.07, 6.45) is 4.26. The van der Waals surface area contributed by atoms with Crippen molar-refractivity contribution in [3.05, 3.63) is 29.3 Å². The molecule has 1 aliphatic carbocycles. The van der Waals surface area contributed by atoms with Crippen molar-refractivity contribution in [2.75, 3.05) is 6.54 Å². The molecule has 1 fully saturated rings. The number of carbonyl (C=O) groups excluding carboxylic acids is 2. The fraction of sp³-hybridized carbons (Fsp3) is 0.467. The predicted molar refractivity (Wildman–Crippen MR) is 69.8 cm³/mol. The maximum absolute atomic E-state index is 12.0. The standard InChI is InChI=1S/C15H17NO3/c17-14-9-12(6-7-16-14)15(18)19-13-5-4-10-2-1-3-11(10)8-13/h4-5,8,12H,1-3,6-7,9H2,(H,16,17)/t12-/m0/s1. The first-order valence-corrected chi connectivity index (χ1v) is 6.82. The Morgan fingerprint density at radius 2 is 2.11 bits per heavy atom. The minimum Gasteiger partial charge on any atom is -0.426 e. The van der Waals surface area contributed by atoms with Crippen LogP contribution in [0.4, 0.5) is 0 Å². The van der Waals surface area contributed by atoms with Crippen molar-refractivity contribution in [3.63, 3.8) is 0 Å². The quantitative estimate of drug-likeness (QED) is 0.648. The molecule has 1 N–H and O–H groups in total. The molecule has 1 aliphatic heterocycles. The summed E-state index contributed by atoms with van der Waals surface area (Å²) in [5.74, 6) is -0.0476. The zero-order chi connectivity index (χ0) is 13.2. The van der Waals surface area contributed by atoms with E-state index in [4.69, 9.17) is 4.74 Å². The van der Waals surface area contributed by atoms with Gasteiger partial charge in [-0.05, 0) is 48.9 Å². The molecule has 0 bridgehead atoms. The number of esters is 1. The molecule has 0 aromatic heterocycles. The molecule has 0 radical (unpaired) electrons. The number of piperidine rings is 1. The van der Waals surface area contributed by atoms with Gasteiger partial charge < -0.3 is 10.1 Å². The van der Waals surface area contributed by atoms with Gasteiger partial charge in [-0.15, -0.1) is 0 Å². The Morgan fingerprint density at radius 3 is 2.95 bits per heavy atom. The van der Waals surface area contributed by atoms with Crippen molar-refractivity contribution in [1.82, 2.24) is 5.32 Å². The maximum Gasteiger partial charge on any atom is 0.314 e. The normalized spacial score (nSPS) is 21.7. The Labute approximate surface area is 112 Å². The van der Waals surface area contributed by atoms with E-state index in [1.807, 2.05) is 18.2 Å². The van der Waals surface area contributed by atoms with E-state index < -0.39 is 0 Å². The zero-order valence-corrected chi connectivity index (χ0v) is 10.8. The van der Waals surface area contributed by atoms with Crippen molar-refractivity contribution in [2.45, 2.75) is 32.1 Å². The smallest absolute Gasteiger partial charge is 0.314 e. The number of nitrogens with one attached hydrogen (secondary N) is 1. The number of amides is 1. The topological polar surface area (TPSA) is 55.4 Å². The van der Waals surface area contributed by atoms with Gasteiger partial charge in [0.2, 0.25) is 5.91 Å². The van der Waals surface area contributed by atoms with Gasteiger partial charge in [0.25, 0.3) is 0 Å². The van der Waals surface area contributed by atoms with Crippen LogP contribution in [0.5, 0.6) is 5.75 Å². The summed E-state index contributed by atoms with van der Waals surface area (Å²) in [6.45, 7) is 0.558. The average molecular weight is 259 g/mol. The van der Waals surface area contributed by atoms with Gasteiger partial charge in [0.15, 0.2) is 0 Å². The molecular weight excluding hydrogens is 242 g/mol. The molecule has 4 nitrogen and oxygen atoms in total. The van der Waals surface area contributed by atoms with Crippen molar-refractivity contribution in [2.24, 2.45) is 5.92 Å². The van der Waals surface area contributed by atoms with Crippen LogP contribution in [0.15, 0.2) is 18.2 Å². The summed E-state index contributed by atoms with van der Waals surface area (Å²) in [7, 11) is 0. The van der Waals surface area contributed by atoms with E-state index in [-0.39, 0.29) is 24.2 Å². The molecule has 19 heavy (non-hydrogen) atoms. The van der Waals surface area contributed by atoms with Gasteiger partial charge in [0.05, 0.1) is 5.92 Å². The fourth-order valence-electron chi connectivity index (χ4n) is 2.80. The largest absolute Gasteiger partial charge is 0.426 e. The first-order valence-electron chi connectivity index (χ1n) is 6.82. The van der Waals surface area contributed by atoms with Crippen molar-refractivity contribution < 1.29 is 14.3 Å². The van der Waals surface area contributed by atoms with Crippen LogP contribution in [0.2, 0.25) is 0 Å². The third-order valence-electron chi connectivity index (χ3n) is 3.87. The van der Waals surface area contributed by atoms with E-state index in [0.717, 1.165) is 12.8 Å². The monoisotopic (exact) mass is 259 g/mol. The molecule has 0 spiro atoms.